The minimum absolute atomic E-state index is 0.0660. The quantitative estimate of drug-likeness (QED) is 0.867. The molecule has 2 rings (SSSR count). The number of aromatic nitrogens is 2. The van der Waals surface area contributed by atoms with Gasteiger partial charge in [-0.1, -0.05) is 19.0 Å². The van der Waals surface area contributed by atoms with Gasteiger partial charge < -0.3 is 14.9 Å². The maximum Gasteiger partial charge on any atom is 0.308 e. The number of carbonyl (C=O) groups is 2. The van der Waals surface area contributed by atoms with Gasteiger partial charge in [-0.25, -0.2) is 4.98 Å². The lowest BCUT2D eigenvalue weighted by Gasteiger charge is -2.16. The second kappa shape index (κ2) is 5.90. The molecule has 0 fully saturated rings. The van der Waals surface area contributed by atoms with Crippen LogP contribution in [0.25, 0.3) is 11.1 Å². The second-order valence-corrected chi connectivity index (χ2v) is 5.24. The van der Waals surface area contributed by atoms with Gasteiger partial charge in [-0.05, 0) is 18.9 Å². The molecule has 0 radical (unpaired) electrons. The molecule has 2 heterocycles. The molecule has 21 heavy (non-hydrogen) atoms. The van der Waals surface area contributed by atoms with Crippen LogP contribution in [0.2, 0.25) is 0 Å². The zero-order valence-electron chi connectivity index (χ0n) is 12.1. The van der Waals surface area contributed by atoms with Crippen molar-refractivity contribution in [3.05, 3.63) is 23.5 Å². The molecular formula is C14H17N3O4. The highest BCUT2D eigenvalue weighted by atomic mass is 16.5. The van der Waals surface area contributed by atoms with Gasteiger partial charge in [0.2, 0.25) is 0 Å². The predicted octanol–water partition coefficient (Wildman–Crippen LogP) is 1.62. The maximum absolute atomic E-state index is 12.1. The van der Waals surface area contributed by atoms with Crippen molar-refractivity contribution >= 4 is 23.0 Å². The summed E-state index contributed by atoms with van der Waals surface area (Å²) in [5, 5.41) is 16.2. The molecule has 2 aromatic rings. The van der Waals surface area contributed by atoms with Crippen LogP contribution in [0.5, 0.6) is 0 Å². The molecule has 112 valence electrons. The average Bonchev–Trinajstić information content (AvgIpc) is 2.79. The van der Waals surface area contributed by atoms with Crippen molar-refractivity contribution in [3.63, 3.8) is 0 Å². The minimum Gasteiger partial charge on any atom is -0.481 e. The molecule has 0 saturated heterocycles. The summed E-state index contributed by atoms with van der Waals surface area (Å²) in [6, 6.07) is 1.63. The van der Waals surface area contributed by atoms with Crippen molar-refractivity contribution in [1.29, 1.82) is 0 Å². The summed E-state index contributed by atoms with van der Waals surface area (Å²) in [6.07, 6.45) is 1.38. The molecule has 2 N–H and O–H groups in total. The van der Waals surface area contributed by atoms with E-state index in [1.54, 1.807) is 26.8 Å². The number of hydrogen-bond donors (Lipinski definition) is 2. The number of fused-ring (bicyclic) bond motifs is 1. The van der Waals surface area contributed by atoms with E-state index in [0.717, 1.165) is 0 Å². The normalized spacial score (nSPS) is 12.6. The molecule has 0 spiro atoms. The van der Waals surface area contributed by atoms with E-state index >= 15 is 0 Å². The summed E-state index contributed by atoms with van der Waals surface area (Å²) in [6.45, 7) is 5.44. The van der Waals surface area contributed by atoms with E-state index in [0.29, 0.717) is 22.4 Å². The van der Waals surface area contributed by atoms with E-state index in [4.69, 9.17) is 9.63 Å². The van der Waals surface area contributed by atoms with Crippen molar-refractivity contribution in [3.8, 4) is 0 Å². The second-order valence-electron chi connectivity index (χ2n) is 5.24. The van der Waals surface area contributed by atoms with Crippen molar-refractivity contribution in [2.24, 2.45) is 11.8 Å². The Bertz CT molecular complexity index is 678. The van der Waals surface area contributed by atoms with Crippen LogP contribution >= 0.6 is 0 Å². The minimum atomic E-state index is -0.922. The first-order valence-electron chi connectivity index (χ1n) is 6.63. The van der Waals surface area contributed by atoms with E-state index in [1.807, 2.05) is 0 Å². The fraction of sp³-hybridized carbons (Fsp3) is 0.429. The monoisotopic (exact) mass is 291 g/mol. The summed E-state index contributed by atoms with van der Waals surface area (Å²) >= 11 is 0. The van der Waals surface area contributed by atoms with Gasteiger partial charge >= 0.3 is 5.97 Å². The highest BCUT2D eigenvalue weighted by molar-refractivity contribution is 5.97. The number of rotatable bonds is 5. The maximum atomic E-state index is 12.1. The van der Waals surface area contributed by atoms with Crippen LogP contribution in [0.1, 0.15) is 29.9 Å². The fourth-order valence-corrected chi connectivity index (χ4v) is 1.98. The number of carboxylic acid groups (broad SMARTS) is 1. The largest absolute Gasteiger partial charge is 0.481 e. The third-order valence-electron chi connectivity index (χ3n) is 3.38. The number of carbonyl (C=O) groups excluding carboxylic acids is 1. The van der Waals surface area contributed by atoms with Crippen molar-refractivity contribution in [1.82, 2.24) is 15.5 Å². The van der Waals surface area contributed by atoms with Gasteiger partial charge in [0.15, 0.2) is 0 Å². The molecule has 0 aromatic carbocycles. The standard InChI is InChI=1S/C14H17N3O4/c1-7(2)11(14(19)20)6-15-12(18)9-4-10-8(3)17-21-13(10)16-5-9/h4-5,7,11H,6H2,1-3H3,(H,15,18)(H,19,20). The van der Waals surface area contributed by atoms with Gasteiger partial charge in [0.05, 0.1) is 22.6 Å². The third-order valence-corrected chi connectivity index (χ3v) is 3.38. The molecule has 1 atom stereocenters. The predicted molar refractivity (Wildman–Crippen MR) is 74.8 cm³/mol. The van der Waals surface area contributed by atoms with E-state index in [-0.39, 0.29) is 18.4 Å². The molecular weight excluding hydrogens is 274 g/mol. The molecule has 0 bridgehead atoms. The summed E-state index contributed by atoms with van der Waals surface area (Å²) in [5.74, 6) is -1.97. The van der Waals surface area contributed by atoms with E-state index in [2.05, 4.69) is 15.5 Å². The Labute approximate surface area is 121 Å². The smallest absolute Gasteiger partial charge is 0.308 e. The van der Waals surface area contributed by atoms with Crippen molar-refractivity contribution < 1.29 is 19.2 Å². The number of amides is 1. The van der Waals surface area contributed by atoms with Crippen LogP contribution in [-0.2, 0) is 4.79 Å². The molecule has 1 unspecified atom stereocenters. The number of aliphatic carboxylic acids is 1. The summed E-state index contributed by atoms with van der Waals surface area (Å²) < 4.78 is 4.97. The first-order chi connectivity index (χ1) is 9.90. The number of nitrogens with one attached hydrogen (secondary N) is 1. The Balaban J connectivity index is 2.11. The fourth-order valence-electron chi connectivity index (χ4n) is 1.98. The Morgan fingerprint density at radius 2 is 2.14 bits per heavy atom. The Morgan fingerprint density at radius 3 is 2.76 bits per heavy atom. The molecule has 7 heteroatoms. The van der Waals surface area contributed by atoms with Crippen LogP contribution in [0.4, 0.5) is 0 Å². The molecule has 2 aromatic heterocycles. The highest BCUT2D eigenvalue weighted by Gasteiger charge is 2.22. The van der Waals surface area contributed by atoms with Crippen LogP contribution < -0.4 is 5.32 Å². The van der Waals surface area contributed by atoms with Gasteiger partial charge in [-0.2, -0.15) is 0 Å². The number of nitrogens with zero attached hydrogens (tertiary/aromatic N) is 2. The van der Waals surface area contributed by atoms with Gasteiger partial charge in [0.25, 0.3) is 11.6 Å². The van der Waals surface area contributed by atoms with E-state index in [9.17, 15) is 9.59 Å². The SMILES string of the molecule is Cc1noc2ncc(C(=O)NCC(C(=O)O)C(C)C)cc12. The molecule has 0 aliphatic carbocycles. The first-order valence-corrected chi connectivity index (χ1v) is 6.63. The highest BCUT2D eigenvalue weighted by Crippen LogP contribution is 2.17. The summed E-state index contributed by atoms with van der Waals surface area (Å²) in [5.41, 5.74) is 1.37. The zero-order valence-corrected chi connectivity index (χ0v) is 12.1. The summed E-state index contributed by atoms with van der Waals surface area (Å²) in [7, 11) is 0. The lowest BCUT2D eigenvalue weighted by atomic mass is 9.96. The number of pyridine rings is 1. The molecule has 0 saturated carbocycles. The van der Waals surface area contributed by atoms with Gasteiger partial charge in [-0.15, -0.1) is 0 Å². The zero-order chi connectivity index (χ0) is 15.6. The first kappa shape index (κ1) is 15.0. The number of carboxylic acids is 1. The molecule has 7 nitrogen and oxygen atoms in total. The number of aryl methyl sites for hydroxylation is 1. The van der Waals surface area contributed by atoms with Crippen molar-refractivity contribution in [2.45, 2.75) is 20.8 Å². The van der Waals surface area contributed by atoms with Crippen LogP contribution in [0.15, 0.2) is 16.8 Å². The number of hydrogen-bond acceptors (Lipinski definition) is 5. The molecule has 0 aliphatic rings. The molecule has 0 aliphatic heterocycles. The van der Waals surface area contributed by atoms with Gasteiger partial charge in [-0.3, -0.25) is 9.59 Å². The summed E-state index contributed by atoms with van der Waals surface area (Å²) in [4.78, 5) is 27.2. The van der Waals surface area contributed by atoms with Gasteiger partial charge in [0, 0.05) is 12.7 Å². The van der Waals surface area contributed by atoms with Crippen LogP contribution in [0, 0.1) is 18.8 Å². The lowest BCUT2D eigenvalue weighted by molar-refractivity contribution is -0.142. The lowest BCUT2D eigenvalue weighted by Crippen LogP contribution is -2.35. The van der Waals surface area contributed by atoms with Crippen molar-refractivity contribution in [2.75, 3.05) is 6.54 Å². The Hall–Kier alpha value is -2.44. The van der Waals surface area contributed by atoms with E-state index < -0.39 is 11.9 Å². The average molecular weight is 291 g/mol. The topological polar surface area (TPSA) is 105 Å². The van der Waals surface area contributed by atoms with E-state index in [1.165, 1.54) is 6.20 Å². The third kappa shape index (κ3) is 3.18. The Kier molecular flexibility index (Phi) is 4.21. The van der Waals surface area contributed by atoms with Crippen LogP contribution in [-0.4, -0.2) is 33.7 Å². The van der Waals surface area contributed by atoms with Crippen LogP contribution in [0.3, 0.4) is 0 Å². The Morgan fingerprint density at radius 1 is 1.43 bits per heavy atom. The van der Waals surface area contributed by atoms with Gasteiger partial charge in [0.1, 0.15) is 0 Å². The molecule has 1 amide bonds.